The molecule has 70 valence electrons. The molecule has 1 heterocycles. The molecule has 3 heteroatoms. The third kappa shape index (κ3) is 2.60. The van der Waals surface area contributed by atoms with Gasteiger partial charge in [-0.2, -0.15) is 5.10 Å². The highest BCUT2D eigenvalue weighted by Crippen LogP contribution is 2.02. The van der Waals surface area contributed by atoms with E-state index in [1.807, 2.05) is 24.9 Å². The maximum absolute atomic E-state index is 4.30. The summed E-state index contributed by atoms with van der Waals surface area (Å²) in [4.78, 5) is 0. The lowest BCUT2D eigenvalue weighted by molar-refractivity contribution is 0.653. The molecule has 1 aromatic rings. The fourth-order valence-electron chi connectivity index (χ4n) is 1.03. The van der Waals surface area contributed by atoms with Crippen LogP contribution >= 0.6 is 0 Å². The zero-order valence-corrected chi connectivity index (χ0v) is 8.39. The van der Waals surface area contributed by atoms with E-state index in [1.54, 1.807) is 0 Å². The molecule has 0 aliphatic carbocycles. The van der Waals surface area contributed by atoms with Crippen molar-refractivity contribution in [3.05, 3.63) is 17.5 Å². The minimum atomic E-state index is 0.719. The molecule has 3 nitrogen and oxygen atoms in total. The summed E-state index contributed by atoms with van der Waals surface area (Å²) in [6.07, 6.45) is 1.98. The van der Waals surface area contributed by atoms with Gasteiger partial charge in [-0.05, 0) is 20.9 Å². The highest BCUT2D eigenvalue weighted by Gasteiger charge is 1.99. The molecule has 0 aliphatic heterocycles. The van der Waals surface area contributed by atoms with Crippen molar-refractivity contribution in [3.63, 3.8) is 0 Å². The van der Waals surface area contributed by atoms with Gasteiger partial charge in [0.2, 0.25) is 0 Å². The lowest BCUT2D eigenvalue weighted by Crippen LogP contribution is -2.04. The second-order valence-corrected chi connectivity index (χ2v) is 2.82. The number of rotatable bonds is 2. The van der Waals surface area contributed by atoms with E-state index in [0.29, 0.717) is 0 Å². The van der Waals surface area contributed by atoms with Crippen molar-refractivity contribution in [1.82, 2.24) is 15.1 Å². The van der Waals surface area contributed by atoms with Crippen LogP contribution in [0, 0.1) is 18.8 Å². The molecule has 0 unspecified atom stereocenters. The molecule has 0 amide bonds. The SMILES string of the molecule is CCn1cc(C#CCNC)c(C)n1. The van der Waals surface area contributed by atoms with Crippen LogP contribution in [0.5, 0.6) is 0 Å². The Bertz CT molecular complexity index is 328. The van der Waals surface area contributed by atoms with Gasteiger partial charge >= 0.3 is 0 Å². The molecule has 0 atom stereocenters. The summed E-state index contributed by atoms with van der Waals surface area (Å²) in [7, 11) is 1.89. The Labute approximate surface area is 79.1 Å². The minimum absolute atomic E-state index is 0.719. The van der Waals surface area contributed by atoms with Crippen molar-refractivity contribution in [2.24, 2.45) is 0 Å². The van der Waals surface area contributed by atoms with Gasteiger partial charge in [0, 0.05) is 12.7 Å². The molecule has 1 aromatic heterocycles. The molecule has 0 spiro atoms. The number of aromatic nitrogens is 2. The van der Waals surface area contributed by atoms with Crippen LogP contribution in [-0.4, -0.2) is 23.4 Å². The standard InChI is InChI=1S/C10H15N3/c1-4-13-8-10(9(2)12-13)6-5-7-11-3/h8,11H,4,7H2,1-3H3. The first-order valence-corrected chi connectivity index (χ1v) is 4.45. The fraction of sp³-hybridized carbons (Fsp3) is 0.500. The Balaban J connectivity index is 2.78. The van der Waals surface area contributed by atoms with Gasteiger partial charge in [-0.15, -0.1) is 0 Å². The lowest BCUT2D eigenvalue weighted by atomic mass is 10.3. The number of nitrogens with one attached hydrogen (secondary N) is 1. The molecular weight excluding hydrogens is 162 g/mol. The van der Waals surface area contributed by atoms with E-state index in [-0.39, 0.29) is 0 Å². The first kappa shape index (κ1) is 9.82. The number of hydrogen-bond donors (Lipinski definition) is 1. The van der Waals surface area contributed by atoms with Gasteiger partial charge in [0.25, 0.3) is 0 Å². The van der Waals surface area contributed by atoms with Crippen LogP contribution in [-0.2, 0) is 6.54 Å². The summed E-state index contributed by atoms with van der Waals surface area (Å²) in [5.74, 6) is 6.09. The Hall–Kier alpha value is -1.27. The highest BCUT2D eigenvalue weighted by atomic mass is 15.3. The third-order valence-corrected chi connectivity index (χ3v) is 1.76. The predicted octanol–water partition coefficient (Wildman–Crippen LogP) is 0.782. The maximum atomic E-state index is 4.30. The molecule has 0 saturated heterocycles. The second kappa shape index (κ2) is 4.68. The van der Waals surface area contributed by atoms with Crippen LogP contribution < -0.4 is 5.32 Å². The Morgan fingerprint density at radius 1 is 1.62 bits per heavy atom. The average Bonchev–Trinajstić information content (AvgIpc) is 2.48. The van der Waals surface area contributed by atoms with E-state index < -0.39 is 0 Å². The van der Waals surface area contributed by atoms with Gasteiger partial charge in [-0.1, -0.05) is 11.8 Å². The van der Waals surface area contributed by atoms with Crippen molar-refractivity contribution in [1.29, 1.82) is 0 Å². The number of nitrogens with zero attached hydrogens (tertiary/aromatic N) is 2. The van der Waals surface area contributed by atoms with E-state index in [4.69, 9.17) is 0 Å². The monoisotopic (exact) mass is 177 g/mol. The van der Waals surface area contributed by atoms with Gasteiger partial charge in [0.05, 0.1) is 17.8 Å². The smallest absolute Gasteiger partial charge is 0.0750 e. The molecule has 1 N–H and O–H groups in total. The zero-order valence-electron chi connectivity index (χ0n) is 8.39. The van der Waals surface area contributed by atoms with E-state index >= 15 is 0 Å². The van der Waals surface area contributed by atoms with Crippen LogP contribution in [0.1, 0.15) is 18.2 Å². The van der Waals surface area contributed by atoms with Crippen molar-refractivity contribution in [3.8, 4) is 11.8 Å². The average molecular weight is 177 g/mol. The third-order valence-electron chi connectivity index (χ3n) is 1.76. The zero-order chi connectivity index (χ0) is 9.68. The van der Waals surface area contributed by atoms with Gasteiger partial charge in [0.15, 0.2) is 0 Å². The van der Waals surface area contributed by atoms with E-state index in [2.05, 4.69) is 29.2 Å². The molecule has 0 aromatic carbocycles. The van der Waals surface area contributed by atoms with Crippen LogP contribution in [0.4, 0.5) is 0 Å². The summed E-state index contributed by atoms with van der Waals surface area (Å²) in [5.41, 5.74) is 2.03. The minimum Gasteiger partial charge on any atom is -0.309 e. The normalized spacial score (nSPS) is 9.46. The van der Waals surface area contributed by atoms with Crippen molar-refractivity contribution >= 4 is 0 Å². The predicted molar refractivity (Wildman–Crippen MR) is 53.4 cm³/mol. The van der Waals surface area contributed by atoms with Gasteiger partial charge in [0.1, 0.15) is 0 Å². The van der Waals surface area contributed by atoms with Crippen molar-refractivity contribution in [2.75, 3.05) is 13.6 Å². The fourth-order valence-corrected chi connectivity index (χ4v) is 1.03. The molecule has 0 radical (unpaired) electrons. The quantitative estimate of drug-likeness (QED) is 0.677. The molecule has 13 heavy (non-hydrogen) atoms. The second-order valence-electron chi connectivity index (χ2n) is 2.82. The van der Waals surface area contributed by atoms with Gasteiger partial charge in [-0.25, -0.2) is 0 Å². The topological polar surface area (TPSA) is 29.9 Å². The maximum Gasteiger partial charge on any atom is 0.0750 e. The van der Waals surface area contributed by atoms with Crippen LogP contribution in [0.2, 0.25) is 0 Å². The first-order valence-electron chi connectivity index (χ1n) is 4.45. The number of hydrogen-bond acceptors (Lipinski definition) is 2. The molecule has 1 rings (SSSR count). The Morgan fingerprint density at radius 2 is 2.38 bits per heavy atom. The lowest BCUT2D eigenvalue weighted by Gasteiger charge is -1.88. The van der Waals surface area contributed by atoms with E-state index in [1.165, 1.54) is 0 Å². The number of aryl methyl sites for hydroxylation is 2. The highest BCUT2D eigenvalue weighted by molar-refractivity contribution is 5.35. The van der Waals surface area contributed by atoms with Crippen LogP contribution in [0.15, 0.2) is 6.20 Å². The summed E-state index contributed by atoms with van der Waals surface area (Å²) in [5, 5.41) is 7.28. The van der Waals surface area contributed by atoms with Gasteiger partial charge < -0.3 is 5.32 Å². The molecular formula is C10H15N3. The summed E-state index contributed by atoms with van der Waals surface area (Å²) in [6.45, 7) is 5.66. The first-order chi connectivity index (χ1) is 6.27. The van der Waals surface area contributed by atoms with E-state index in [9.17, 15) is 0 Å². The van der Waals surface area contributed by atoms with Crippen LogP contribution in [0.25, 0.3) is 0 Å². The summed E-state index contributed by atoms with van der Waals surface area (Å²) >= 11 is 0. The van der Waals surface area contributed by atoms with Crippen LogP contribution in [0.3, 0.4) is 0 Å². The molecule has 0 aliphatic rings. The molecule has 0 saturated carbocycles. The molecule has 0 bridgehead atoms. The Kier molecular flexibility index (Phi) is 3.53. The van der Waals surface area contributed by atoms with Crippen molar-refractivity contribution in [2.45, 2.75) is 20.4 Å². The summed E-state index contributed by atoms with van der Waals surface area (Å²) in [6, 6.07) is 0. The Morgan fingerprint density at radius 3 is 2.92 bits per heavy atom. The molecule has 0 fully saturated rings. The van der Waals surface area contributed by atoms with Crippen molar-refractivity contribution < 1.29 is 0 Å². The van der Waals surface area contributed by atoms with E-state index in [0.717, 1.165) is 24.3 Å². The van der Waals surface area contributed by atoms with Gasteiger partial charge in [-0.3, -0.25) is 4.68 Å². The largest absolute Gasteiger partial charge is 0.309 e. The summed E-state index contributed by atoms with van der Waals surface area (Å²) < 4.78 is 1.90.